The summed E-state index contributed by atoms with van der Waals surface area (Å²) in [7, 11) is 0. The predicted molar refractivity (Wildman–Crippen MR) is 93.4 cm³/mol. The number of carbonyl (C=O) groups excluding carboxylic acids is 4. The fourth-order valence-electron chi connectivity index (χ4n) is 3.29. The van der Waals surface area contributed by atoms with Crippen molar-refractivity contribution in [1.82, 2.24) is 4.90 Å². The fraction of sp³-hybridized carbons (Fsp3) is 0.368. The first-order chi connectivity index (χ1) is 12.4. The Hall–Kier alpha value is -2.47. The molecule has 2 aliphatic rings. The molecule has 0 saturated carbocycles. The Morgan fingerprint density at radius 1 is 1.12 bits per heavy atom. The topological polar surface area (TPSA) is 80.8 Å². The Balaban J connectivity index is 1.61. The second-order valence-corrected chi connectivity index (χ2v) is 6.85. The number of fused-ring (bicyclic) bond motifs is 1. The minimum atomic E-state index is -1.06. The number of carbonyl (C=O) groups is 4. The lowest BCUT2D eigenvalue weighted by Gasteiger charge is -2.21. The van der Waals surface area contributed by atoms with Crippen LogP contribution < -0.4 is 0 Å². The van der Waals surface area contributed by atoms with E-state index in [0.717, 1.165) is 4.90 Å². The fourth-order valence-corrected chi connectivity index (χ4v) is 3.42. The average molecular weight is 376 g/mol. The van der Waals surface area contributed by atoms with Gasteiger partial charge in [-0.05, 0) is 44.0 Å². The van der Waals surface area contributed by atoms with E-state index in [2.05, 4.69) is 0 Å². The molecule has 6 nitrogen and oxygen atoms in total. The number of Topliss-reactive ketones (excluding diaryl/α,β-unsaturated/α-hetero) is 1. The molecule has 2 amide bonds. The van der Waals surface area contributed by atoms with E-state index in [4.69, 9.17) is 16.3 Å². The van der Waals surface area contributed by atoms with Gasteiger partial charge in [-0.3, -0.25) is 19.3 Å². The lowest BCUT2D eigenvalue weighted by atomic mass is 9.85. The van der Waals surface area contributed by atoms with Crippen molar-refractivity contribution in [2.75, 3.05) is 6.61 Å². The molecule has 136 valence electrons. The maximum atomic E-state index is 12.5. The number of esters is 1. The second kappa shape index (κ2) is 7.41. The first-order valence-electron chi connectivity index (χ1n) is 8.37. The number of hydrogen-bond acceptors (Lipinski definition) is 5. The van der Waals surface area contributed by atoms with Gasteiger partial charge in [0.25, 0.3) is 0 Å². The highest BCUT2D eigenvalue weighted by Gasteiger charge is 2.50. The minimum absolute atomic E-state index is 0.349. The van der Waals surface area contributed by atoms with Crippen molar-refractivity contribution < 1.29 is 23.9 Å². The molecule has 1 aromatic carbocycles. The molecule has 26 heavy (non-hydrogen) atoms. The first-order valence-corrected chi connectivity index (χ1v) is 8.75. The van der Waals surface area contributed by atoms with E-state index in [1.807, 2.05) is 12.2 Å². The van der Waals surface area contributed by atoms with E-state index in [1.165, 1.54) is 19.1 Å². The number of halogens is 1. The summed E-state index contributed by atoms with van der Waals surface area (Å²) in [4.78, 5) is 50.2. The molecule has 1 saturated heterocycles. The van der Waals surface area contributed by atoms with Crippen LogP contribution in [0.4, 0.5) is 0 Å². The quantitative estimate of drug-likeness (QED) is 0.341. The molecule has 1 aromatic rings. The summed E-state index contributed by atoms with van der Waals surface area (Å²) in [6.45, 7) is 0.977. The zero-order valence-corrected chi connectivity index (χ0v) is 14.9. The van der Waals surface area contributed by atoms with Crippen LogP contribution in [-0.2, 0) is 19.1 Å². The number of amides is 2. The minimum Gasteiger partial charge on any atom is -0.456 e. The number of nitrogens with zero attached hydrogens (tertiary/aromatic N) is 1. The number of benzene rings is 1. The van der Waals surface area contributed by atoms with Crippen molar-refractivity contribution in [3.63, 3.8) is 0 Å². The third-order valence-electron chi connectivity index (χ3n) is 4.78. The molecule has 0 spiro atoms. The maximum absolute atomic E-state index is 12.5. The van der Waals surface area contributed by atoms with Gasteiger partial charge in [-0.15, -0.1) is 0 Å². The lowest BCUT2D eigenvalue weighted by Crippen LogP contribution is -2.44. The molecule has 1 aliphatic heterocycles. The van der Waals surface area contributed by atoms with E-state index in [9.17, 15) is 19.2 Å². The third kappa shape index (κ3) is 3.42. The molecule has 0 aromatic heterocycles. The van der Waals surface area contributed by atoms with E-state index in [1.54, 1.807) is 12.1 Å². The Morgan fingerprint density at radius 3 is 2.19 bits per heavy atom. The molecule has 0 N–H and O–H groups in total. The highest BCUT2D eigenvalue weighted by atomic mass is 35.5. The molecule has 0 radical (unpaired) electrons. The van der Waals surface area contributed by atoms with Crippen LogP contribution in [0, 0.1) is 11.8 Å². The van der Waals surface area contributed by atoms with Crippen molar-refractivity contribution >= 4 is 35.2 Å². The van der Waals surface area contributed by atoms with E-state index >= 15 is 0 Å². The summed E-state index contributed by atoms with van der Waals surface area (Å²) in [5, 5.41) is 0.495. The van der Waals surface area contributed by atoms with Gasteiger partial charge >= 0.3 is 5.97 Å². The lowest BCUT2D eigenvalue weighted by molar-refractivity contribution is -0.157. The van der Waals surface area contributed by atoms with Crippen molar-refractivity contribution in [3.8, 4) is 0 Å². The largest absolute Gasteiger partial charge is 0.456 e. The normalized spacial score (nSPS) is 22.9. The van der Waals surface area contributed by atoms with Crippen LogP contribution >= 0.6 is 11.6 Å². The van der Waals surface area contributed by atoms with Crippen LogP contribution in [0.1, 0.15) is 30.1 Å². The molecule has 0 unspecified atom stereocenters. The monoisotopic (exact) mass is 375 g/mol. The molecular formula is C19H18ClNO5. The number of likely N-dealkylation sites (tertiary alicyclic amines) is 1. The van der Waals surface area contributed by atoms with Crippen molar-refractivity contribution in [2.24, 2.45) is 11.8 Å². The first kappa shape index (κ1) is 18.3. The summed E-state index contributed by atoms with van der Waals surface area (Å²) in [5.41, 5.74) is 0.361. The van der Waals surface area contributed by atoms with Gasteiger partial charge < -0.3 is 4.74 Å². The van der Waals surface area contributed by atoms with Gasteiger partial charge in [0.15, 0.2) is 12.4 Å². The van der Waals surface area contributed by atoms with Crippen LogP contribution in [0.5, 0.6) is 0 Å². The van der Waals surface area contributed by atoms with Gasteiger partial charge in [0.05, 0.1) is 11.8 Å². The highest BCUT2D eigenvalue weighted by Crippen LogP contribution is 2.36. The Kier molecular flexibility index (Phi) is 5.23. The van der Waals surface area contributed by atoms with Gasteiger partial charge in [0.1, 0.15) is 6.04 Å². The van der Waals surface area contributed by atoms with Crippen molar-refractivity contribution in [2.45, 2.75) is 25.8 Å². The molecule has 1 aliphatic carbocycles. The van der Waals surface area contributed by atoms with Crippen LogP contribution in [0.2, 0.25) is 5.02 Å². The molecular weight excluding hydrogens is 358 g/mol. The van der Waals surface area contributed by atoms with E-state index in [0.29, 0.717) is 23.4 Å². The van der Waals surface area contributed by atoms with Gasteiger partial charge in [0, 0.05) is 10.6 Å². The maximum Gasteiger partial charge on any atom is 0.329 e. The SMILES string of the molecule is C[C@@H](C(=O)OCC(=O)c1ccc(Cl)cc1)N1C(=O)[C@@H]2CC=CC[C@H]2C1=O. The summed E-state index contributed by atoms with van der Waals surface area (Å²) in [5.74, 6) is -2.67. The number of rotatable bonds is 5. The molecule has 1 heterocycles. The number of hydrogen-bond donors (Lipinski definition) is 0. The number of imide groups is 1. The van der Waals surface area contributed by atoms with Gasteiger partial charge in [-0.1, -0.05) is 23.8 Å². The third-order valence-corrected chi connectivity index (χ3v) is 5.03. The zero-order chi connectivity index (χ0) is 18.8. The smallest absolute Gasteiger partial charge is 0.329 e. The molecule has 7 heteroatoms. The van der Waals surface area contributed by atoms with E-state index < -0.39 is 30.5 Å². The van der Waals surface area contributed by atoms with Crippen LogP contribution in [0.3, 0.4) is 0 Å². The number of ether oxygens (including phenoxy) is 1. The summed E-state index contributed by atoms with van der Waals surface area (Å²) < 4.78 is 5.03. The van der Waals surface area contributed by atoms with Gasteiger partial charge in [-0.2, -0.15) is 0 Å². The van der Waals surface area contributed by atoms with Crippen LogP contribution in [-0.4, -0.2) is 41.1 Å². The predicted octanol–water partition coefficient (Wildman–Crippen LogP) is 2.41. The second-order valence-electron chi connectivity index (χ2n) is 6.42. The summed E-state index contributed by atoms with van der Waals surface area (Å²) in [6.07, 6.45) is 4.76. The Labute approximate surface area is 155 Å². The van der Waals surface area contributed by atoms with Gasteiger partial charge in [-0.25, -0.2) is 4.79 Å². The highest BCUT2D eigenvalue weighted by molar-refractivity contribution is 6.30. The van der Waals surface area contributed by atoms with Gasteiger partial charge in [0.2, 0.25) is 11.8 Å². The van der Waals surface area contributed by atoms with E-state index in [-0.39, 0.29) is 17.6 Å². The number of allylic oxidation sites excluding steroid dienone is 2. The molecule has 3 rings (SSSR count). The Bertz CT molecular complexity index is 760. The van der Waals surface area contributed by atoms with Crippen LogP contribution in [0.25, 0.3) is 0 Å². The van der Waals surface area contributed by atoms with Crippen molar-refractivity contribution in [1.29, 1.82) is 0 Å². The average Bonchev–Trinajstić information content (AvgIpc) is 2.90. The Morgan fingerprint density at radius 2 is 1.65 bits per heavy atom. The van der Waals surface area contributed by atoms with Crippen molar-refractivity contribution in [3.05, 3.63) is 47.0 Å². The zero-order valence-electron chi connectivity index (χ0n) is 14.2. The molecule has 0 bridgehead atoms. The summed E-state index contributed by atoms with van der Waals surface area (Å²) in [6, 6.07) is 5.14. The molecule has 3 atom stereocenters. The standard InChI is InChI=1S/C19H18ClNO5/c1-11(21-17(23)14-4-2-3-5-15(14)18(21)24)19(25)26-10-16(22)12-6-8-13(20)9-7-12/h2-3,6-9,11,14-15H,4-5,10H2,1H3/t11-,14+,15+/m0/s1. The van der Waals surface area contributed by atoms with Crippen LogP contribution in [0.15, 0.2) is 36.4 Å². The molecule has 1 fully saturated rings. The summed E-state index contributed by atoms with van der Waals surface area (Å²) >= 11 is 5.77. The number of ketones is 1.